The molecule has 1 fully saturated rings. The van der Waals surface area contributed by atoms with Gasteiger partial charge in [-0.25, -0.2) is 4.52 Å². The number of aromatic nitrogens is 3. The van der Waals surface area contributed by atoms with Gasteiger partial charge in [0.05, 0.1) is 35.6 Å². The second-order valence-electron chi connectivity index (χ2n) is 12.9. The highest BCUT2D eigenvalue weighted by Gasteiger charge is 2.35. The number of likely N-dealkylation sites (N-methyl/N-ethyl adjacent to an activating group) is 1. The van der Waals surface area contributed by atoms with Crippen LogP contribution < -0.4 is 4.74 Å². The van der Waals surface area contributed by atoms with Gasteiger partial charge in [0.2, 0.25) is 5.91 Å². The van der Waals surface area contributed by atoms with Crippen LogP contribution in [0.4, 0.5) is 13.2 Å². The molecule has 0 N–H and O–H groups in total. The highest BCUT2D eigenvalue weighted by Crippen LogP contribution is 2.36. The fourth-order valence-corrected chi connectivity index (χ4v) is 6.43. The van der Waals surface area contributed by atoms with Crippen molar-refractivity contribution in [2.45, 2.75) is 44.9 Å². The number of piperazine rings is 1. The van der Waals surface area contributed by atoms with E-state index < -0.39 is 11.7 Å². The van der Waals surface area contributed by atoms with Crippen molar-refractivity contribution in [3.63, 3.8) is 0 Å². The Morgan fingerprint density at radius 3 is 2.54 bits per heavy atom. The molecule has 6 rings (SSSR count). The zero-order chi connectivity index (χ0) is 34.2. The first-order valence-corrected chi connectivity index (χ1v) is 16.1. The molecule has 0 bridgehead atoms. The van der Waals surface area contributed by atoms with Crippen LogP contribution in [-0.4, -0.2) is 99.9 Å². The normalized spacial score (nSPS) is 17.4. The number of rotatable bonds is 8. The quantitative estimate of drug-likeness (QED) is 0.260. The van der Waals surface area contributed by atoms with E-state index in [1.165, 1.54) is 11.0 Å². The number of ether oxygens (including phenoxy) is 1. The fraction of sp³-hybridized carbons (Fsp3) is 0.429. The summed E-state index contributed by atoms with van der Waals surface area (Å²) in [5.41, 5.74) is 2.66. The zero-order valence-electron chi connectivity index (χ0n) is 27.6. The zero-order valence-corrected chi connectivity index (χ0v) is 27.6. The third-order valence-corrected chi connectivity index (χ3v) is 9.19. The Kier molecular flexibility index (Phi) is 9.44. The Balaban J connectivity index is 1.19. The lowest BCUT2D eigenvalue weighted by molar-refractivity contribution is -0.139. The molecule has 2 aliphatic rings. The molecule has 0 spiro atoms. The summed E-state index contributed by atoms with van der Waals surface area (Å²) in [6, 6.07) is 9.59. The van der Waals surface area contributed by atoms with Gasteiger partial charge >= 0.3 is 6.18 Å². The monoisotopic (exact) mass is 663 g/mol. The second-order valence-corrected chi connectivity index (χ2v) is 12.9. The molecule has 1 saturated heterocycles. The number of benzene rings is 1. The van der Waals surface area contributed by atoms with E-state index in [0.717, 1.165) is 36.8 Å². The van der Waals surface area contributed by atoms with Crippen LogP contribution in [0.2, 0.25) is 0 Å². The molecule has 0 saturated carbocycles. The molecular formula is C35H40F3N7O3. The molecule has 10 nitrogen and oxygen atoms in total. The Hall–Kier alpha value is -4.49. The highest BCUT2D eigenvalue weighted by atomic mass is 19.4. The number of amides is 2. The van der Waals surface area contributed by atoms with Crippen molar-refractivity contribution in [1.29, 1.82) is 0 Å². The van der Waals surface area contributed by atoms with Crippen LogP contribution in [0, 0.1) is 0 Å². The molecule has 4 aromatic rings. The van der Waals surface area contributed by atoms with E-state index >= 15 is 0 Å². The first-order chi connectivity index (χ1) is 22.9. The topological polar surface area (TPSA) is 86.5 Å². The van der Waals surface area contributed by atoms with Crippen molar-refractivity contribution in [2.24, 2.45) is 0 Å². The SMILES string of the molecule is CC[C@H]1CN(C(=O)Cc2ccc(CN3CCN(C)CC3)c(C(F)(F)F)c2)Cc2cc(Oc3ccnn4cc(C(=O)N(C)C)cc34)cnc21. The van der Waals surface area contributed by atoms with Gasteiger partial charge in [0.1, 0.15) is 11.3 Å². The van der Waals surface area contributed by atoms with E-state index in [4.69, 9.17) is 9.72 Å². The van der Waals surface area contributed by atoms with Gasteiger partial charge < -0.3 is 19.4 Å². The standard InChI is InChI=1S/C35H40F3N7O3/c1-5-24-20-44(32(46)15-23-6-7-25(29(14-23)35(36,37)38)19-43-12-10-42(4)11-13-43)21-26-16-28(18-39-33(24)26)48-31-8-9-40-45-22-27(17-30(31)45)34(47)41(2)3/h6-9,14,16-18,22,24H,5,10-13,15,19-21H2,1-4H3/t24-/m0/s1. The van der Waals surface area contributed by atoms with Gasteiger partial charge in [0.25, 0.3) is 5.91 Å². The van der Waals surface area contributed by atoms with Crippen molar-refractivity contribution < 1.29 is 27.5 Å². The number of fused-ring (bicyclic) bond motifs is 2. The van der Waals surface area contributed by atoms with Crippen LogP contribution >= 0.6 is 0 Å². The summed E-state index contributed by atoms with van der Waals surface area (Å²) in [6.45, 7) is 6.00. The number of hydrogen-bond donors (Lipinski definition) is 0. The number of carbonyl (C=O) groups excluding carboxylic acids is 2. The number of carbonyl (C=O) groups is 2. The van der Waals surface area contributed by atoms with Crippen molar-refractivity contribution >= 4 is 17.3 Å². The summed E-state index contributed by atoms with van der Waals surface area (Å²) < 4.78 is 50.4. The Labute approximate surface area is 277 Å². The minimum atomic E-state index is -4.52. The summed E-state index contributed by atoms with van der Waals surface area (Å²) in [5.74, 6) is 0.512. The maximum Gasteiger partial charge on any atom is 0.416 e. The summed E-state index contributed by atoms with van der Waals surface area (Å²) in [5, 5.41) is 4.29. The summed E-state index contributed by atoms with van der Waals surface area (Å²) in [4.78, 5) is 38.2. The first-order valence-electron chi connectivity index (χ1n) is 16.1. The van der Waals surface area contributed by atoms with Gasteiger partial charge in [-0.1, -0.05) is 19.1 Å². The van der Waals surface area contributed by atoms with Gasteiger partial charge in [-0.05, 0) is 48.4 Å². The molecule has 0 radical (unpaired) electrons. The molecule has 2 aliphatic heterocycles. The average Bonchev–Trinajstić information content (AvgIpc) is 3.50. The molecule has 13 heteroatoms. The van der Waals surface area contributed by atoms with Crippen molar-refractivity contribution in [3.05, 3.63) is 88.5 Å². The summed E-state index contributed by atoms with van der Waals surface area (Å²) in [7, 11) is 5.36. The van der Waals surface area contributed by atoms with Gasteiger partial charge in [0, 0.05) is 78.1 Å². The molecule has 3 aromatic heterocycles. The van der Waals surface area contributed by atoms with Crippen LogP contribution in [0.5, 0.6) is 11.5 Å². The van der Waals surface area contributed by atoms with E-state index in [1.54, 1.807) is 60.3 Å². The largest absolute Gasteiger partial charge is 0.453 e. The van der Waals surface area contributed by atoms with E-state index in [1.807, 2.05) is 24.9 Å². The van der Waals surface area contributed by atoms with Gasteiger partial charge in [-0.3, -0.25) is 19.5 Å². The van der Waals surface area contributed by atoms with Gasteiger partial charge in [0.15, 0.2) is 5.75 Å². The lowest BCUT2D eigenvalue weighted by Gasteiger charge is -2.34. The minimum absolute atomic E-state index is 0.0266. The van der Waals surface area contributed by atoms with E-state index in [9.17, 15) is 22.8 Å². The molecule has 48 heavy (non-hydrogen) atoms. The first kappa shape index (κ1) is 33.4. The molecular weight excluding hydrogens is 623 g/mol. The van der Waals surface area contributed by atoms with Crippen LogP contribution in [0.3, 0.4) is 0 Å². The summed E-state index contributed by atoms with van der Waals surface area (Å²) >= 11 is 0. The van der Waals surface area contributed by atoms with Gasteiger partial charge in [-0.15, -0.1) is 0 Å². The lowest BCUT2D eigenvalue weighted by atomic mass is 9.92. The predicted octanol–water partition coefficient (Wildman–Crippen LogP) is 5.07. The van der Waals surface area contributed by atoms with E-state index in [2.05, 4.69) is 10.00 Å². The molecule has 254 valence electrons. The molecule has 2 amide bonds. The number of hydrogen-bond acceptors (Lipinski definition) is 7. The van der Waals surface area contributed by atoms with Crippen molar-refractivity contribution in [1.82, 2.24) is 34.2 Å². The molecule has 1 aromatic carbocycles. The van der Waals surface area contributed by atoms with Crippen molar-refractivity contribution in [3.8, 4) is 11.5 Å². The third-order valence-electron chi connectivity index (χ3n) is 9.19. The molecule has 0 aliphatic carbocycles. The maximum atomic E-state index is 14.2. The van der Waals surface area contributed by atoms with Crippen LogP contribution in [-0.2, 0) is 30.5 Å². The number of alkyl halides is 3. The molecule has 0 unspecified atom stereocenters. The Morgan fingerprint density at radius 2 is 1.83 bits per heavy atom. The summed E-state index contributed by atoms with van der Waals surface area (Å²) in [6.07, 6.45) is 0.947. The van der Waals surface area contributed by atoms with E-state index in [0.29, 0.717) is 47.8 Å². The number of pyridine rings is 1. The van der Waals surface area contributed by atoms with Crippen LogP contribution in [0.1, 0.15) is 57.6 Å². The van der Waals surface area contributed by atoms with E-state index in [-0.39, 0.29) is 42.8 Å². The predicted molar refractivity (Wildman–Crippen MR) is 174 cm³/mol. The molecule has 5 heterocycles. The number of nitrogens with zero attached hydrogens (tertiary/aromatic N) is 7. The smallest absolute Gasteiger partial charge is 0.416 e. The Bertz CT molecular complexity index is 1810. The third kappa shape index (κ3) is 7.16. The average molecular weight is 664 g/mol. The minimum Gasteiger partial charge on any atom is -0.453 e. The maximum absolute atomic E-state index is 14.2. The van der Waals surface area contributed by atoms with Crippen molar-refractivity contribution in [2.75, 3.05) is 53.9 Å². The Morgan fingerprint density at radius 1 is 1.06 bits per heavy atom. The van der Waals surface area contributed by atoms with Gasteiger partial charge in [-0.2, -0.15) is 18.3 Å². The fourth-order valence-electron chi connectivity index (χ4n) is 6.43. The number of halogens is 3. The van der Waals surface area contributed by atoms with Crippen LogP contribution in [0.25, 0.3) is 5.52 Å². The second kappa shape index (κ2) is 13.6. The highest BCUT2D eigenvalue weighted by molar-refractivity contribution is 5.95. The molecule has 1 atom stereocenters. The lowest BCUT2D eigenvalue weighted by Crippen LogP contribution is -2.44. The van der Waals surface area contributed by atoms with Crippen LogP contribution in [0.15, 0.2) is 55.0 Å².